The highest BCUT2D eigenvalue weighted by atomic mass is 16.6. The zero-order valence-electron chi connectivity index (χ0n) is 11.5. The van der Waals surface area contributed by atoms with Gasteiger partial charge in [0.05, 0.1) is 19.8 Å². The van der Waals surface area contributed by atoms with Gasteiger partial charge in [0.15, 0.2) is 6.23 Å². The zero-order chi connectivity index (χ0) is 15.4. The van der Waals surface area contributed by atoms with Crippen LogP contribution in [-0.2, 0) is 14.2 Å². The highest BCUT2D eigenvalue weighted by Crippen LogP contribution is 2.30. The Balaban J connectivity index is 2.18. The molecule has 0 aliphatic carbocycles. The highest BCUT2D eigenvalue weighted by Gasteiger charge is 2.45. The molecule has 3 N–H and O–H groups in total. The number of H-pyrrole nitrogens is 1. The average Bonchev–Trinajstić information content (AvgIpc) is 2.76. The van der Waals surface area contributed by atoms with Crippen LogP contribution in [0.2, 0.25) is 0 Å². The smallest absolute Gasteiger partial charge is 0.330 e. The Morgan fingerprint density at radius 1 is 1.43 bits per heavy atom. The van der Waals surface area contributed by atoms with Crippen LogP contribution in [0.15, 0.2) is 21.9 Å². The SMILES string of the molecule is COCCO[C@H]1[C@@H](O)[C@H](n2ccc(=O)[nH]c2=O)O[C@@H]1CO. The molecule has 118 valence electrons. The minimum Gasteiger partial charge on any atom is -0.394 e. The monoisotopic (exact) mass is 302 g/mol. The van der Waals surface area contributed by atoms with Crippen LogP contribution in [0, 0.1) is 0 Å². The number of hydrogen-bond donors (Lipinski definition) is 3. The fourth-order valence-corrected chi connectivity index (χ4v) is 2.20. The minimum atomic E-state index is -1.16. The average molecular weight is 302 g/mol. The second kappa shape index (κ2) is 6.96. The number of aliphatic hydroxyl groups is 2. The third-order valence-electron chi connectivity index (χ3n) is 3.21. The number of methoxy groups -OCH3 is 1. The molecular weight excluding hydrogens is 284 g/mol. The quantitative estimate of drug-likeness (QED) is 0.510. The first-order valence-electron chi connectivity index (χ1n) is 6.45. The van der Waals surface area contributed by atoms with Crippen molar-refractivity contribution >= 4 is 0 Å². The summed E-state index contributed by atoms with van der Waals surface area (Å²) < 4.78 is 16.8. The molecular formula is C12H18N2O7. The van der Waals surface area contributed by atoms with Crippen molar-refractivity contribution in [3.63, 3.8) is 0 Å². The molecule has 1 saturated heterocycles. The van der Waals surface area contributed by atoms with Gasteiger partial charge in [-0.25, -0.2) is 4.79 Å². The lowest BCUT2D eigenvalue weighted by Gasteiger charge is -2.19. The van der Waals surface area contributed by atoms with E-state index in [1.54, 1.807) is 0 Å². The second-order valence-electron chi connectivity index (χ2n) is 4.58. The van der Waals surface area contributed by atoms with E-state index in [-0.39, 0.29) is 13.2 Å². The summed E-state index contributed by atoms with van der Waals surface area (Å²) in [4.78, 5) is 24.8. The molecule has 0 bridgehead atoms. The molecule has 9 heteroatoms. The fourth-order valence-electron chi connectivity index (χ4n) is 2.20. The predicted molar refractivity (Wildman–Crippen MR) is 69.9 cm³/mol. The van der Waals surface area contributed by atoms with Crippen molar-refractivity contribution in [1.82, 2.24) is 9.55 Å². The Kier molecular flexibility index (Phi) is 5.26. The van der Waals surface area contributed by atoms with Crippen LogP contribution in [0.4, 0.5) is 0 Å². The molecule has 1 aliphatic heterocycles. The third kappa shape index (κ3) is 3.39. The summed E-state index contributed by atoms with van der Waals surface area (Å²) in [6, 6.07) is 1.14. The van der Waals surface area contributed by atoms with Crippen LogP contribution >= 0.6 is 0 Å². The van der Waals surface area contributed by atoms with E-state index in [2.05, 4.69) is 4.98 Å². The standard InChI is InChI=1S/C12H18N2O7/c1-19-4-5-20-10-7(6-15)21-11(9(10)17)14-3-2-8(16)13-12(14)18/h2-3,7,9-11,15,17H,4-6H2,1H3,(H,13,16,18)/t7-,9-,10-,11-/m1/s1. The number of nitrogens with zero attached hydrogens (tertiary/aromatic N) is 1. The van der Waals surface area contributed by atoms with Crippen LogP contribution in [0.1, 0.15) is 6.23 Å². The van der Waals surface area contributed by atoms with E-state index in [4.69, 9.17) is 14.2 Å². The first-order valence-corrected chi connectivity index (χ1v) is 6.45. The Bertz CT molecular complexity index is 569. The van der Waals surface area contributed by atoms with Crippen molar-refractivity contribution < 1.29 is 24.4 Å². The summed E-state index contributed by atoms with van der Waals surface area (Å²) >= 11 is 0. The van der Waals surface area contributed by atoms with Gasteiger partial charge in [0.1, 0.15) is 18.3 Å². The fraction of sp³-hybridized carbons (Fsp3) is 0.667. The van der Waals surface area contributed by atoms with Gasteiger partial charge in [-0.1, -0.05) is 0 Å². The van der Waals surface area contributed by atoms with E-state index < -0.39 is 35.8 Å². The Morgan fingerprint density at radius 3 is 2.81 bits per heavy atom. The van der Waals surface area contributed by atoms with Crippen molar-refractivity contribution in [2.45, 2.75) is 24.5 Å². The van der Waals surface area contributed by atoms with E-state index in [0.29, 0.717) is 6.61 Å². The lowest BCUT2D eigenvalue weighted by atomic mass is 10.1. The van der Waals surface area contributed by atoms with Gasteiger partial charge >= 0.3 is 5.69 Å². The number of nitrogens with one attached hydrogen (secondary N) is 1. The van der Waals surface area contributed by atoms with Crippen LogP contribution < -0.4 is 11.2 Å². The summed E-state index contributed by atoms with van der Waals surface area (Å²) in [7, 11) is 1.51. The van der Waals surface area contributed by atoms with Gasteiger partial charge < -0.3 is 24.4 Å². The van der Waals surface area contributed by atoms with Gasteiger partial charge in [-0.05, 0) is 0 Å². The normalized spacial score (nSPS) is 28.9. The maximum Gasteiger partial charge on any atom is 0.330 e. The maximum atomic E-state index is 11.7. The number of aromatic nitrogens is 2. The third-order valence-corrected chi connectivity index (χ3v) is 3.21. The van der Waals surface area contributed by atoms with Gasteiger partial charge in [-0.3, -0.25) is 14.3 Å². The molecule has 1 aromatic heterocycles. The molecule has 0 unspecified atom stereocenters. The summed E-state index contributed by atoms with van der Waals surface area (Å²) in [6.45, 7) is 0.166. The number of ether oxygens (including phenoxy) is 3. The Morgan fingerprint density at radius 2 is 2.19 bits per heavy atom. The molecule has 2 heterocycles. The molecule has 0 amide bonds. The Labute approximate surface area is 119 Å². The molecule has 9 nitrogen and oxygen atoms in total. The van der Waals surface area contributed by atoms with Crippen LogP contribution in [0.25, 0.3) is 0 Å². The first kappa shape index (κ1) is 15.9. The van der Waals surface area contributed by atoms with Gasteiger partial charge in [0.25, 0.3) is 5.56 Å². The summed E-state index contributed by atoms with van der Waals surface area (Å²) in [6.07, 6.45) is -2.56. The molecule has 21 heavy (non-hydrogen) atoms. The van der Waals surface area contributed by atoms with E-state index in [9.17, 15) is 19.8 Å². The van der Waals surface area contributed by atoms with Crippen molar-refractivity contribution in [2.75, 3.05) is 26.9 Å². The summed E-state index contributed by atoms with van der Waals surface area (Å²) in [5.74, 6) is 0. The number of aliphatic hydroxyl groups excluding tert-OH is 2. The number of rotatable bonds is 6. The van der Waals surface area contributed by atoms with Crippen molar-refractivity contribution in [2.24, 2.45) is 0 Å². The number of aromatic amines is 1. The molecule has 0 spiro atoms. The van der Waals surface area contributed by atoms with E-state index in [0.717, 1.165) is 10.6 Å². The van der Waals surface area contributed by atoms with E-state index in [1.165, 1.54) is 13.3 Å². The maximum absolute atomic E-state index is 11.7. The predicted octanol–water partition coefficient (Wildman–Crippen LogP) is -2.18. The van der Waals surface area contributed by atoms with Gasteiger partial charge in [-0.2, -0.15) is 0 Å². The lowest BCUT2D eigenvalue weighted by molar-refractivity contribution is -0.0686. The topological polar surface area (TPSA) is 123 Å². The lowest BCUT2D eigenvalue weighted by Crippen LogP contribution is -2.39. The molecule has 4 atom stereocenters. The molecule has 0 aromatic carbocycles. The second-order valence-corrected chi connectivity index (χ2v) is 4.58. The van der Waals surface area contributed by atoms with Gasteiger partial charge in [-0.15, -0.1) is 0 Å². The minimum absolute atomic E-state index is 0.214. The molecule has 0 radical (unpaired) electrons. The summed E-state index contributed by atoms with van der Waals surface area (Å²) in [5, 5.41) is 19.5. The zero-order valence-corrected chi connectivity index (χ0v) is 11.5. The van der Waals surface area contributed by atoms with E-state index >= 15 is 0 Å². The number of hydrogen-bond acceptors (Lipinski definition) is 7. The van der Waals surface area contributed by atoms with Crippen LogP contribution in [0.3, 0.4) is 0 Å². The molecule has 0 saturated carbocycles. The van der Waals surface area contributed by atoms with Gasteiger partial charge in [0.2, 0.25) is 0 Å². The molecule has 1 aromatic rings. The Hall–Kier alpha value is -1.52. The molecule has 1 aliphatic rings. The van der Waals surface area contributed by atoms with E-state index in [1.807, 2.05) is 0 Å². The summed E-state index contributed by atoms with van der Waals surface area (Å²) in [5.41, 5.74) is -1.25. The highest BCUT2D eigenvalue weighted by molar-refractivity contribution is 4.93. The van der Waals surface area contributed by atoms with Crippen molar-refractivity contribution in [1.29, 1.82) is 0 Å². The first-order chi connectivity index (χ1) is 10.1. The molecule has 2 rings (SSSR count). The van der Waals surface area contributed by atoms with Crippen molar-refractivity contribution in [3.05, 3.63) is 33.1 Å². The van der Waals surface area contributed by atoms with Crippen molar-refractivity contribution in [3.8, 4) is 0 Å². The van der Waals surface area contributed by atoms with Crippen LogP contribution in [-0.4, -0.2) is 65.0 Å². The molecule has 1 fully saturated rings. The van der Waals surface area contributed by atoms with Gasteiger partial charge in [0, 0.05) is 19.4 Å². The largest absolute Gasteiger partial charge is 0.394 e. The van der Waals surface area contributed by atoms with Crippen LogP contribution in [0.5, 0.6) is 0 Å².